The fourth-order valence-corrected chi connectivity index (χ4v) is 2.88. The van der Waals surface area contributed by atoms with Crippen LogP contribution in [-0.4, -0.2) is 27.9 Å². The van der Waals surface area contributed by atoms with Crippen molar-refractivity contribution >= 4 is 28.5 Å². The third kappa shape index (κ3) is 4.91. The number of amides is 2. The minimum Gasteiger partial charge on any atom is -0.356 e. The molecule has 2 N–H and O–H groups in total. The Kier molecular flexibility index (Phi) is 5.80. The Morgan fingerprint density at radius 2 is 1.85 bits per heavy atom. The Bertz CT molecular complexity index is 950. The number of carbonyl (C=O) groups is 2. The van der Waals surface area contributed by atoms with Gasteiger partial charge in [0.1, 0.15) is 18.2 Å². The monoisotopic (exact) mass is 368 g/mol. The molecule has 0 atom stereocenters. The van der Waals surface area contributed by atoms with Gasteiger partial charge in [0, 0.05) is 25.6 Å². The summed E-state index contributed by atoms with van der Waals surface area (Å²) in [5.41, 5.74) is 2.24. The van der Waals surface area contributed by atoms with Crippen LogP contribution in [0, 0.1) is 5.82 Å². The molecule has 7 heteroatoms. The smallest absolute Gasteiger partial charge is 0.244 e. The number of aromatic nitrogens is 2. The molecule has 0 radical (unpaired) electrons. The molecule has 0 saturated carbocycles. The van der Waals surface area contributed by atoms with E-state index in [2.05, 4.69) is 15.6 Å². The topological polar surface area (TPSA) is 76.0 Å². The molecule has 0 fully saturated rings. The predicted molar refractivity (Wildman–Crippen MR) is 102 cm³/mol. The maximum Gasteiger partial charge on any atom is 0.244 e. The maximum absolute atomic E-state index is 13.0. The number of fused-ring (bicyclic) bond motifs is 1. The van der Waals surface area contributed by atoms with Gasteiger partial charge in [-0.3, -0.25) is 9.59 Å². The molecule has 0 spiro atoms. The Balaban J connectivity index is 1.74. The lowest BCUT2D eigenvalue weighted by Gasteiger charge is -2.10. The summed E-state index contributed by atoms with van der Waals surface area (Å²) in [5, 5.41) is 5.53. The van der Waals surface area contributed by atoms with Crippen molar-refractivity contribution in [3.63, 3.8) is 0 Å². The maximum atomic E-state index is 13.0. The van der Waals surface area contributed by atoms with Crippen LogP contribution in [0.4, 0.5) is 10.1 Å². The summed E-state index contributed by atoms with van der Waals surface area (Å²) in [7, 11) is 0. The summed E-state index contributed by atoms with van der Waals surface area (Å²) < 4.78 is 14.9. The highest BCUT2D eigenvalue weighted by Crippen LogP contribution is 2.17. The summed E-state index contributed by atoms with van der Waals surface area (Å²) in [6.07, 6.45) is 1.36. The largest absolute Gasteiger partial charge is 0.356 e. The second-order valence-corrected chi connectivity index (χ2v) is 6.24. The molecule has 27 heavy (non-hydrogen) atoms. The standard InChI is InChI=1S/C20H21FN4O2/c1-14(26)22-12-4-7-19-24-17-5-2-3-6-18(17)25(19)13-20(27)23-16-10-8-15(21)9-11-16/h2-3,5-6,8-11H,4,7,12-13H2,1H3,(H,22,26)(H,23,27). The van der Waals surface area contributed by atoms with Crippen molar-refractivity contribution in [2.45, 2.75) is 26.3 Å². The van der Waals surface area contributed by atoms with Gasteiger partial charge in [0.25, 0.3) is 0 Å². The van der Waals surface area contributed by atoms with E-state index >= 15 is 0 Å². The Morgan fingerprint density at radius 3 is 2.59 bits per heavy atom. The molecule has 2 aromatic carbocycles. The molecular formula is C20H21FN4O2. The lowest BCUT2D eigenvalue weighted by molar-refractivity contribution is -0.119. The second-order valence-electron chi connectivity index (χ2n) is 6.24. The molecular weight excluding hydrogens is 347 g/mol. The number of benzene rings is 2. The minimum atomic E-state index is -0.352. The first kappa shape index (κ1) is 18.6. The van der Waals surface area contributed by atoms with Crippen LogP contribution in [0.1, 0.15) is 19.2 Å². The van der Waals surface area contributed by atoms with E-state index in [-0.39, 0.29) is 24.2 Å². The van der Waals surface area contributed by atoms with Crippen molar-refractivity contribution in [2.24, 2.45) is 0 Å². The van der Waals surface area contributed by atoms with Crippen LogP contribution in [0.5, 0.6) is 0 Å². The van der Waals surface area contributed by atoms with E-state index in [1.807, 2.05) is 28.8 Å². The lowest BCUT2D eigenvalue weighted by atomic mass is 10.3. The fourth-order valence-electron chi connectivity index (χ4n) is 2.88. The van der Waals surface area contributed by atoms with Gasteiger partial charge in [-0.1, -0.05) is 12.1 Å². The first-order chi connectivity index (χ1) is 13.0. The molecule has 1 heterocycles. The van der Waals surface area contributed by atoms with Gasteiger partial charge in [-0.05, 0) is 42.8 Å². The number of para-hydroxylation sites is 2. The number of nitrogens with one attached hydrogen (secondary N) is 2. The van der Waals surface area contributed by atoms with Crippen LogP contribution in [0.25, 0.3) is 11.0 Å². The van der Waals surface area contributed by atoms with Crippen molar-refractivity contribution in [3.05, 3.63) is 60.2 Å². The lowest BCUT2D eigenvalue weighted by Crippen LogP contribution is -2.23. The van der Waals surface area contributed by atoms with Gasteiger partial charge in [0.05, 0.1) is 11.0 Å². The molecule has 0 aliphatic heterocycles. The van der Waals surface area contributed by atoms with Crippen LogP contribution in [-0.2, 0) is 22.6 Å². The average molecular weight is 368 g/mol. The van der Waals surface area contributed by atoms with Crippen LogP contribution < -0.4 is 10.6 Å². The summed E-state index contributed by atoms with van der Waals surface area (Å²) in [4.78, 5) is 28.1. The highest BCUT2D eigenvalue weighted by atomic mass is 19.1. The number of hydrogen-bond donors (Lipinski definition) is 2. The Labute approximate surface area is 156 Å². The quantitative estimate of drug-likeness (QED) is 0.630. The van der Waals surface area contributed by atoms with Gasteiger partial charge in [0.15, 0.2) is 0 Å². The van der Waals surface area contributed by atoms with Crippen LogP contribution in [0.2, 0.25) is 0 Å². The zero-order valence-corrected chi connectivity index (χ0v) is 15.0. The summed E-state index contributed by atoms with van der Waals surface area (Å²) in [6.45, 7) is 2.14. The minimum absolute atomic E-state index is 0.0674. The van der Waals surface area contributed by atoms with Crippen molar-refractivity contribution < 1.29 is 14.0 Å². The molecule has 1 aromatic heterocycles. The SMILES string of the molecule is CC(=O)NCCCc1nc2ccccc2n1CC(=O)Nc1ccc(F)cc1. The van der Waals surface area contributed by atoms with Crippen molar-refractivity contribution in [2.75, 3.05) is 11.9 Å². The molecule has 3 aromatic rings. The van der Waals surface area contributed by atoms with Gasteiger partial charge in [-0.15, -0.1) is 0 Å². The van der Waals surface area contributed by atoms with E-state index in [4.69, 9.17) is 0 Å². The van der Waals surface area contributed by atoms with Gasteiger partial charge < -0.3 is 15.2 Å². The van der Waals surface area contributed by atoms with Crippen molar-refractivity contribution in [1.82, 2.24) is 14.9 Å². The van der Waals surface area contributed by atoms with Gasteiger partial charge in [0.2, 0.25) is 11.8 Å². The molecule has 6 nitrogen and oxygen atoms in total. The number of hydrogen-bond acceptors (Lipinski definition) is 3. The van der Waals surface area contributed by atoms with Crippen LogP contribution in [0.15, 0.2) is 48.5 Å². The predicted octanol–water partition coefficient (Wildman–Crippen LogP) is 2.88. The van der Waals surface area contributed by atoms with Crippen LogP contribution >= 0.6 is 0 Å². The normalized spacial score (nSPS) is 10.7. The fraction of sp³-hybridized carbons (Fsp3) is 0.250. The number of rotatable bonds is 7. The van der Waals surface area contributed by atoms with Crippen molar-refractivity contribution in [1.29, 1.82) is 0 Å². The number of carbonyl (C=O) groups excluding carboxylic acids is 2. The van der Waals surface area contributed by atoms with E-state index in [1.165, 1.54) is 31.2 Å². The summed E-state index contributed by atoms with van der Waals surface area (Å²) in [6, 6.07) is 13.3. The molecule has 0 aliphatic carbocycles. The molecule has 3 rings (SSSR count). The number of nitrogens with zero attached hydrogens (tertiary/aromatic N) is 2. The zero-order valence-electron chi connectivity index (χ0n) is 15.0. The first-order valence-electron chi connectivity index (χ1n) is 8.77. The van der Waals surface area contributed by atoms with E-state index in [1.54, 1.807) is 0 Å². The third-order valence-electron chi connectivity index (χ3n) is 4.11. The highest BCUT2D eigenvalue weighted by molar-refractivity contribution is 5.91. The number of halogens is 1. The molecule has 0 unspecified atom stereocenters. The number of aryl methyl sites for hydroxylation is 1. The summed E-state index contributed by atoms with van der Waals surface area (Å²) in [5.74, 6) is 0.154. The second kappa shape index (κ2) is 8.44. The molecule has 2 amide bonds. The van der Waals surface area contributed by atoms with Crippen LogP contribution in [0.3, 0.4) is 0 Å². The van der Waals surface area contributed by atoms with E-state index in [9.17, 15) is 14.0 Å². The Morgan fingerprint density at radius 1 is 1.11 bits per heavy atom. The molecule has 140 valence electrons. The zero-order chi connectivity index (χ0) is 19.2. The van der Waals surface area contributed by atoms with Gasteiger partial charge >= 0.3 is 0 Å². The first-order valence-corrected chi connectivity index (χ1v) is 8.77. The highest BCUT2D eigenvalue weighted by Gasteiger charge is 2.13. The van der Waals surface area contributed by atoms with Crippen molar-refractivity contribution in [3.8, 4) is 0 Å². The third-order valence-corrected chi connectivity index (χ3v) is 4.11. The number of imidazole rings is 1. The molecule has 0 bridgehead atoms. The van der Waals surface area contributed by atoms with Gasteiger partial charge in [-0.2, -0.15) is 0 Å². The molecule has 0 aliphatic rings. The van der Waals surface area contributed by atoms with E-state index < -0.39 is 0 Å². The van der Waals surface area contributed by atoms with E-state index in [0.29, 0.717) is 18.7 Å². The van der Waals surface area contributed by atoms with Gasteiger partial charge in [-0.25, -0.2) is 9.37 Å². The summed E-state index contributed by atoms with van der Waals surface area (Å²) >= 11 is 0. The average Bonchev–Trinajstić information content (AvgIpc) is 2.98. The Hall–Kier alpha value is -3.22. The molecule has 0 saturated heterocycles. The number of anilines is 1. The van der Waals surface area contributed by atoms with E-state index in [0.717, 1.165) is 23.3 Å².